The quantitative estimate of drug-likeness (QED) is 0.787. The van der Waals surface area contributed by atoms with Gasteiger partial charge in [0.05, 0.1) is 6.04 Å². The van der Waals surface area contributed by atoms with Crippen LogP contribution >= 0.6 is 0 Å². The van der Waals surface area contributed by atoms with E-state index in [1.165, 1.54) is 0 Å². The Bertz CT molecular complexity index is 457. The number of rotatable bonds is 3. The van der Waals surface area contributed by atoms with Gasteiger partial charge in [0.2, 0.25) is 10.0 Å². The van der Waals surface area contributed by atoms with Crippen molar-refractivity contribution in [3.05, 3.63) is 0 Å². The normalized spacial score (nSPS) is 28.7. The molecule has 2 fully saturated rings. The van der Waals surface area contributed by atoms with Crippen molar-refractivity contribution in [3.8, 4) is 0 Å². The molecule has 2 aliphatic heterocycles. The molecule has 0 aromatic carbocycles. The molecule has 0 spiro atoms. The van der Waals surface area contributed by atoms with Crippen molar-refractivity contribution in [2.45, 2.75) is 44.0 Å². The number of nitrogens with zero attached hydrogens (tertiary/aromatic N) is 2. The second-order valence-electron chi connectivity index (χ2n) is 5.64. The molecule has 0 aromatic heterocycles. The van der Waals surface area contributed by atoms with Crippen LogP contribution in [0.2, 0.25) is 0 Å². The number of likely N-dealkylation sites (tertiary alicyclic amines) is 1. The van der Waals surface area contributed by atoms with Gasteiger partial charge in [0.1, 0.15) is 11.9 Å². The van der Waals surface area contributed by atoms with Crippen molar-refractivity contribution < 1.29 is 17.9 Å². The summed E-state index contributed by atoms with van der Waals surface area (Å²) in [7, 11) is -3.69. The number of hydrogen-bond acceptors (Lipinski definition) is 6. The molecule has 0 bridgehead atoms. The highest BCUT2D eigenvalue weighted by molar-refractivity contribution is 7.90. The Labute approximate surface area is 120 Å². The molecule has 1 unspecified atom stereocenters. The average Bonchev–Trinajstić information content (AvgIpc) is 2.38. The molecule has 0 saturated carbocycles. The number of nitrogens with two attached hydrogens (primary N) is 1. The highest BCUT2D eigenvalue weighted by Gasteiger charge is 2.45. The molecule has 8 heteroatoms. The summed E-state index contributed by atoms with van der Waals surface area (Å²) in [5.41, 5.74) is 5.47. The van der Waals surface area contributed by atoms with Gasteiger partial charge in [-0.3, -0.25) is 0 Å². The first-order valence-corrected chi connectivity index (χ1v) is 8.52. The molecule has 20 heavy (non-hydrogen) atoms. The maximum Gasteiger partial charge on any atom is 0.423 e. The number of carbonyl (C=O) groups excluding carboxylic acids is 1. The highest BCUT2D eigenvalue weighted by Crippen LogP contribution is 2.26. The summed E-state index contributed by atoms with van der Waals surface area (Å²) in [5.74, 6) is 0. The average molecular weight is 305 g/mol. The Hall–Kier alpha value is -0.860. The Kier molecular flexibility index (Phi) is 4.55. The molecule has 2 aliphatic rings. The first-order valence-electron chi connectivity index (χ1n) is 7.02. The van der Waals surface area contributed by atoms with Gasteiger partial charge in [0.15, 0.2) is 0 Å². The van der Waals surface area contributed by atoms with Crippen LogP contribution in [0.15, 0.2) is 0 Å². The SMILES string of the molecule is CC(C)N1CCC(N2C(=O)OCC(CN)S2(=O)=O)CC1. The molecule has 2 rings (SSSR count). The van der Waals surface area contributed by atoms with Crippen LogP contribution < -0.4 is 5.73 Å². The summed E-state index contributed by atoms with van der Waals surface area (Å²) < 4.78 is 30.7. The first kappa shape index (κ1) is 15.5. The highest BCUT2D eigenvalue weighted by atomic mass is 32.2. The van der Waals surface area contributed by atoms with Crippen molar-refractivity contribution in [1.82, 2.24) is 9.21 Å². The van der Waals surface area contributed by atoms with E-state index in [1.807, 2.05) is 0 Å². The van der Waals surface area contributed by atoms with Crippen molar-refractivity contribution >= 4 is 16.1 Å². The maximum absolute atomic E-state index is 12.4. The molecule has 1 amide bonds. The van der Waals surface area contributed by atoms with Gasteiger partial charge >= 0.3 is 6.09 Å². The minimum absolute atomic E-state index is 0.0308. The number of amides is 1. The lowest BCUT2D eigenvalue weighted by Crippen LogP contribution is -2.58. The van der Waals surface area contributed by atoms with E-state index >= 15 is 0 Å². The van der Waals surface area contributed by atoms with Crippen molar-refractivity contribution in [3.63, 3.8) is 0 Å². The lowest BCUT2D eigenvalue weighted by molar-refractivity contribution is 0.0820. The summed E-state index contributed by atoms with van der Waals surface area (Å²) in [6.45, 7) is 5.62. The van der Waals surface area contributed by atoms with Gasteiger partial charge in [-0.05, 0) is 26.7 Å². The summed E-state index contributed by atoms with van der Waals surface area (Å²) in [6, 6.07) is 0.120. The Morgan fingerprint density at radius 1 is 1.35 bits per heavy atom. The fourth-order valence-corrected chi connectivity index (χ4v) is 4.45. The second kappa shape index (κ2) is 5.87. The van der Waals surface area contributed by atoms with Gasteiger partial charge in [0.25, 0.3) is 0 Å². The van der Waals surface area contributed by atoms with Crippen LogP contribution in [0.5, 0.6) is 0 Å². The predicted octanol–water partition coefficient (Wildman–Crippen LogP) is -0.0315. The number of sulfonamides is 1. The Balaban J connectivity index is 2.12. The molecule has 7 nitrogen and oxygen atoms in total. The molecular weight excluding hydrogens is 282 g/mol. The maximum atomic E-state index is 12.4. The van der Waals surface area contributed by atoms with Crippen LogP contribution in [0.25, 0.3) is 0 Å². The predicted molar refractivity (Wildman–Crippen MR) is 74.7 cm³/mol. The number of ether oxygens (including phenoxy) is 1. The van der Waals surface area contributed by atoms with E-state index in [2.05, 4.69) is 18.7 Å². The van der Waals surface area contributed by atoms with Gasteiger partial charge in [-0.1, -0.05) is 0 Å². The third kappa shape index (κ3) is 2.77. The van der Waals surface area contributed by atoms with Crippen LogP contribution in [0, 0.1) is 0 Å². The minimum atomic E-state index is -3.69. The van der Waals surface area contributed by atoms with Gasteiger partial charge in [-0.2, -0.15) is 0 Å². The summed E-state index contributed by atoms with van der Waals surface area (Å²) in [4.78, 5) is 14.1. The number of carbonyl (C=O) groups is 1. The van der Waals surface area contributed by atoms with E-state index in [9.17, 15) is 13.2 Å². The van der Waals surface area contributed by atoms with E-state index < -0.39 is 21.4 Å². The molecule has 0 radical (unpaired) electrons. The zero-order valence-electron chi connectivity index (χ0n) is 12.0. The molecule has 2 N–H and O–H groups in total. The fourth-order valence-electron chi connectivity index (χ4n) is 2.76. The number of hydrogen-bond donors (Lipinski definition) is 1. The van der Waals surface area contributed by atoms with Crippen LogP contribution in [-0.2, 0) is 14.8 Å². The smallest absolute Gasteiger partial charge is 0.423 e. The van der Waals surface area contributed by atoms with Crippen LogP contribution in [-0.4, -0.2) is 67.3 Å². The second-order valence-corrected chi connectivity index (χ2v) is 7.73. The van der Waals surface area contributed by atoms with Crippen LogP contribution in [0.4, 0.5) is 4.79 Å². The van der Waals surface area contributed by atoms with E-state index in [1.54, 1.807) is 0 Å². The molecule has 0 aliphatic carbocycles. The van der Waals surface area contributed by atoms with E-state index in [0.29, 0.717) is 18.9 Å². The Morgan fingerprint density at radius 2 is 1.95 bits per heavy atom. The van der Waals surface area contributed by atoms with Crippen molar-refractivity contribution in [2.24, 2.45) is 5.73 Å². The Morgan fingerprint density at radius 3 is 2.45 bits per heavy atom. The minimum Gasteiger partial charge on any atom is -0.447 e. The van der Waals surface area contributed by atoms with E-state index in [0.717, 1.165) is 17.4 Å². The van der Waals surface area contributed by atoms with Gasteiger partial charge < -0.3 is 15.4 Å². The number of cyclic esters (lactones) is 1. The molecule has 2 heterocycles. The zero-order valence-corrected chi connectivity index (χ0v) is 12.8. The van der Waals surface area contributed by atoms with Gasteiger partial charge in [-0.15, -0.1) is 0 Å². The lowest BCUT2D eigenvalue weighted by Gasteiger charge is -2.41. The monoisotopic (exact) mass is 305 g/mol. The third-order valence-corrected chi connectivity index (χ3v) is 6.26. The topological polar surface area (TPSA) is 92.9 Å². The number of piperidine rings is 1. The fraction of sp³-hybridized carbons (Fsp3) is 0.917. The summed E-state index contributed by atoms with van der Waals surface area (Å²) >= 11 is 0. The summed E-state index contributed by atoms with van der Waals surface area (Å²) in [6.07, 6.45) is 0.533. The molecule has 2 saturated heterocycles. The van der Waals surface area contributed by atoms with Crippen molar-refractivity contribution in [1.29, 1.82) is 0 Å². The largest absolute Gasteiger partial charge is 0.447 e. The molecule has 0 aromatic rings. The standard InChI is InChI=1S/C12H23N3O4S/c1-9(2)14-5-3-10(4-6-14)15-12(16)19-8-11(7-13)20(15,17)18/h9-11H,3-8,13H2,1-2H3. The van der Waals surface area contributed by atoms with E-state index in [4.69, 9.17) is 10.5 Å². The van der Waals surface area contributed by atoms with Crippen LogP contribution in [0.1, 0.15) is 26.7 Å². The van der Waals surface area contributed by atoms with Crippen molar-refractivity contribution in [2.75, 3.05) is 26.2 Å². The summed E-state index contributed by atoms with van der Waals surface area (Å²) in [5, 5.41) is -0.816. The first-order chi connectivity index (χ1) is 9.37. The lowest BCUT2D eigenvalue weighted by atomic mass is 10.0. The third-order valence-electron chi connectivity index (χ3n) is 4.09. The molecule has 1 atom stereocenters. The zero-order chi connectivity index (χ0) is 14.9. The van der Waals surface area contributed by atoms with Gasteiger partial charge in [0, 0.05) is 25.7 Å². The van der Waals surface area contributed by atoms with Crippen LogP contribution in [0.3, 0.4) is 0 Å². The molecular formula is C12H23N3O4S. The van der Waals surface area contributed by atoms with E-state index in [-0.39, 0.29) is 19.2 Å². The molecule has 116 valence electrons. The van der Waals surface area contributed by atoms with Gasteiger partial charge in [-0.25, -0.2) is 17.5 Å².